The van der Waals surface area contributed by atoms with Crippen molar-refractivity contribution in [3.63, 3.8) is 0 Å². The van der Waals surface area contributed by atoms with Crippen molar-refractivity contribution >= 4 is 15.9 Å². The van der Waals surface area contributed by atoms with E-state index >= 15 is 0 Å². The number of aromatic amines is 1. The van der Waals surface area contributed by atoms with E-state index in [0.717, 1.165) is 39.9 Å². The molecule has 142 valence electrons. The third-order valence-electron chi connectivity index (χ3n) is 4.65. The fraction of sp³-hybridized carbons (Fsp3) is 0.0833. The zero-order chi connectivity index (χ0) is 20.2. The minimum atomic E-state index is -0.310. The summed E-state index contributed by atoms with van der Waals surface area (Å²) >= 11 is 3.45. The zero-order valence-corrected chi connectivity index (χ0v) is 17.1. The summed E-state index contributed by atoms with van der Waals surface area (Å²) in [6.07, 6.45) is 7.90. The molecule has 3 aromatic rings. The van der Waals surface area contributed by atoms with Crippen LogP contribution in [0.2, 0.25) is 0 Å². The van der Waals surface area contributed by atoms with E-state index in [-0.39, 0.29) is 11.0 Å². The largest absolute Gasteiger partial charge is 0.462 e. The minimum Gasteiger partial charge on any atom is -0.462 e. The number of hydrogen-bond acceptors (Lipinski definition) is 3. The van der Waals surface area contributed by atoms with Crippen molar-refractivity contribution in [1.29, 1.82) is 5.26 Å². The molecule has 1 N–H and O–H groups in total. The van der Waals surface area contributed by atoms with Gasteiger partial charge in [0.25, 0.3) is 0 Å². The van der Waals surface area contributed by atoms with E-state index in [4.69, 9.17) is 4.74 Å². The van der Waals surface area contributed by atoms with Crippen LogP contribution in [0.25, 0.3) is 22.5 Å². The maximum Gasteiger partial charge on any atom is 0.200 e. The summed E-state index contributed by atoms with van der Waals surface area (Å²) in [6.45, 7) is 0. The van der Waals surface area contributed by atoms with Gasteiger partial charge in [0.15, 0.2) is 0 Å². The molecule has 1 aliphatic rings. The lowest BCUT2D eigenvalue weighted by Crippen LogP contribution is -2.09. The molecular weight excluding hydrogens is 428 g/mol. The van der Waals surface area contributed by atoms with Gasteiger partial charge in [-0.25, -0.2) is 0 Å². The molecule has 0 saturated carbocycles. The van der Waals surface area contributed by atoms with E-state index in [1.165, 1.54) is 6.07 Å². The number of nitriles is 1. The van der Waals surface area contributed by atoms with Crippen molar-refractivity contribution < 1.29 is 4.74 Å². The zero-order valence-electron chi connectivity index (χ0n) is 15.5. The number of hydrogen-bond donors (Lipinski definition) is 1. The summed E-state index contributed by atoms with van der Waals surface area (Å²) in [5.74, 6) is 1.64. The summed E-state index contributed by atoms with van der Waals surface area (Å²) in [6, 6.07) is 18.5. The second kappa shape index (κ2) is 8.34. The van der Waals surface area contributed by atoms with Crippen LogP contribution < -0.4 is 10.2 Å². The molecule has 0 amide bonds. The number of halogens is 1. The maximum absolute atomic E-state index is 12.6. The Morgan fingerprint density at radius 2 is 1.90 bits per heavy atom. The molecule has 0 spiro atoms. The van der Waals surface area contributed by atoms with E-state index in [2.05, 4.69) is 27.0 Å². The molecule has 4 rings (SSSR count). The quantitative estimate of drug-likeness (QED) is 0.539. The molecule has 1 heterocycles. The van der Waals surface area contributed by atoms with Gasteiger partial charge in [0.2, 0.25) is 5.43 Å². The molecule has 1 aliphatic carbocycles. The third-order valence-corrected chi connectivity index (χ3v) is 5.14. The van der Waals surface area contributed by atoms with Gasteiger partial charge in [-0.3, -0.25) is 4.79 Å². The molecule has 5 heteroatoms. The smallest absolute Gasteiger partial charge is 0.200 e. The SMILES string of the molecule is N#Cc1c(-c2ccc(OC3=CC=CCC3)cc2)[nH]c(-c2cccc(Br)c2)cc1=O. The molecule has 0 fully saturated rings. The molecule has 0 radical (unpaired) electrons. The molecule has 4 nitrogen and oxygen atoms in total. The number of allylic oxidation sites excluding steroid dienone is 4. The van der Waals surface area contributed by atoms with Gasteiger partial charge in [-0.2, -0.15) is 5.26 Å². The highest BCUT2D eigenvalue weighted by atomic mass is 79.9. The van der Waals surface area contributed by atoms with Gasteiger partial charge in [0, 0.05) is 22.7 Å². The van der Waals surface area contributed by atoms with Crippen molar-refractivity contribution in [3.8, 4) is 34.3 Å². The van der Waals surface area contributed by atoms with E-state index in [9.17, 15) is 10.1 Å². The summed E-state index contributed by atoms with van der Waals surface area (Å²) < 4.78 is 6.81. The van der Waals surface area contributed by atoms with Crippen LogP contribution in [-0.4, -0.2) is 4.98 Å². The first-order chi connectivity index (χ1) is 14.1. The second-order valence-electron chi connectivity index (χ2n) is 6.65. The average Bonchev–Trinajstić information content (AvgIpc) is 2.74. The van der Waals surface area contributed by atoms with Crippen molar-refractivity contribution in [3.05, 3.63) is 98.8 Å². The normalized spacial score (nSPS) is 12.9. The number of rotatable bonds is 4. The molecular formula is C24H17BrN2O2. The molecule has 1 aromatic heterocycles. The predicted molar refractivity (Wildman–Crippen MR) is 117 cm³/mol. The van der Waals surface area contributed by atoms with E-state index in [1.54, 1.807) is 0 Å². The fourth-order valence-electron chi connectivity index (χ4n) is 3.21. The first-order valence-electron chi connectivity index (χ1n) is 9.21. The van der Waals surface area contributed by atoms with Gasteiger partial charge in [0.1, 0.15) is 23.1 Å². The fourth-order valence-corrected chi connectivity index (χ4v) is 3.60. The summed E-state index contributed by atoms with van der Waals surface area (Å²) in [4.78, 5) is 15.8. The van der Waals surface area contributed by atoms with Gasteiger partial charge in [-0.1, -0.05) is 40.2 Å². The van der Waals surface area contributed by atoms with Crippen LogP contribution in [0.4, 0.5) is 0 Å². The molecule has 0 atom stereocenters. The molecule has 0 aliphatic heterocycles. The van der Waals surface area contributed by atoms with Crippen LogP contribution >= 0.6 is 15.9 Å². The Hall–Kier alpha value is -3.36. The number of nitrogens with one attached hydrogen (secondary N) is 1. The molecule has 0 bridgehead atoms. The van der Waals surface area contributed by atoms with Gasteiger partial charge in [-0.05, 0) is 60.0 Å². The average molecular weight is 445 g/mol. The van der Waals surface area contributed by atoms with Crippen molar-refractivity contribution in [2.45, 2.75) is 12.8 Å². The van der Waals surface area contributed by atoms with Gasteiger partial charge >= 0.3 is 0 Å². The summed E-state index contributed by atoms with van der Waals surface area (Å²) in [7, 11) is 0. The number of aromatic nitrogens is 1. The predicted octanol–water partition coefficient (Wildman–Crippen LogP) is 5.96. The van der Waals surface area contributed by atoms with Crippen molar-refractivity contribution in [2.75, 3.05) is 0 Å². The Labute approximate surface area is 176 Å². The Morgan fingerprint density at radius 3 is 2.59 bits per heavy atom. The van der Waals surface area contributed by atoms with E-state index in [1.807, 2.05) is 66.8 Å². The summed E-state index contributed by atoms with van der Waals surface area (Å²) in [5, 5.41) is 9.52. The Morgan fingerprint density at radius 1 is 1.07 bits per heavy atom. The molecule has 0 saturated heterocycles. The first-order valence-corrected chi connectivity index (χ1v) is 10.0. The number of benzene rings is 2. The van der Waals surface area contributed by atoms with Crippen LogP contribution in [0.1, 0.15) is 18.4 Å². The topological polar surface area (TPSA) is 65.9 Å². The lowest BCUT2D eigenvalue weighted by molar-refractivity contribution is 0.403. The number of nitrogens with zero attached hydrogens (tertiary/aromatic N) is 1. The van der Waals surface area contributed by atoms with Crippen LogP contribution in [0.5, 0.6) is 5.75 Å². The van der Waals surface area contributed by atoms with Gasteiger partial charge in [-0.15, -0.1) is 0 Å². The highest BCUT2D eigenvalue weighted by molar-refractivity contribution is 9.10. The first kappa shape index (κ1) is 19.0. The van der Waals surface area contributed by atoms with Crippen LogP contribution in [0.3, 0.4) is 0 Å². The van der Waals surface area contributed by atoms with E-state index < -0.39 is 0 Å². The number of ether oxygens (including phenoxy) is 1. The molecule has 0 unspecified atom stereocenters. The van der Waals surface area contributed by atoms with Gasteiger partial charge < -0.3 is 9.72 Å². The highest BCUT2D eigenvalue weighted by Crippen LogP contribution is 2.28. The van der Waals surface area contributed by atoms with Crippen molar-refractivity contribution in [1.82, 2.24) is 4.98 Å². The molecule has 29 heavy (non-hydrogen) atoms. The van der Waals surface area contributed by atoms with E-state index in [0.29, 0.717) is 11.4 Å². The lowest BCUT2D eigenvalue weighted by atomic mass is 10.0. The standard InChI is InChI=1S/C24H17BrN2O2/c25-18-6-4-5-17(13-18)22-14-23(28)21(15-26)24(27-22)16-9-11-20(12-10-16)29-19-7-2-1-3-8-19/h1-2,4-7,9-14H,3,8H2,(H,27,28). The monoisotopic (exact) mass is 444 g/mol. The third kappa shape index (κ3) is 4.23. The Bertz CT molecular complexity index is 1210. The highest BCUT2D eigenvalue weighted by Gasteiger charge is 2.13. The second-order valence-corrected chi connectivity index (χ2v) is 7.56. The van der Waals surface area contributed by atoms with Crippen molar-refractivity contribution in [2.24, 2.45) is 0 Å². The minimum absolute atomic E-state index is 0.0949. The van der Waals surface area contributed by atoms with Crippen LogP contribution in [0.15, 0.2) is 87.9 Å². The Balaban J connectivity index is 1.72. The number of pyridine rings is 1. The lowest BCUT2D eigenvalue weighted by Gasteiger charge is -2.12. The van der Waals surface area contributed by atoms with Crippen LogP contribution in [0, 0.1) is 11.3 Å². The maximum atomic E-state index is 12.6. The molecule has 2 aromatic carbocycles. The number of H-pyrrole nitrogens is 1. The van der Waals surface area contributed by atoms with Crippen LogP contribution in [-0.2, 0) is 0 Å². The Kier molecular flexibility index (Phi) is 5.46. The summed E-state index contributed by atoms with van der Waals surface area (Å²) in [5.41, 5.74) is 2.55. The van der Waals surface area contributed by atoms with Gasteiger partial charge in [0.05, 0.1) is 5.69 Å².